The zero-order valence-corrected chi connectivity index (χ0v) is 11.8. The number of para-hydroxylation sites is 1. The third-order valence-corrected chi connectivity index (χ3v) is 2.79. The lowest BCUT2D eigenvalue weighted by Gasteiger charge is -2.02. The first kappa shape index (κ1) is 14.9. The van der Waals surface area contributed by atoms with E-state index in [4.69, 9.17) is 0 Å². The molecule has 0 atom stereocenters. The Kier molecular flexibility index (Phi) is 6.31. The van der Waals surface area contributed by atoms with E-state index in [1.165, 1.54) is 5.56 Å². The van der Waals surface area contributed by atoms with Gasteiger partial charge in [0, 0.05) is 5.56 Å². The molecule has 2 aromatic carbocycles. The van der Waals surface area contributed by atoms with Gasteiger partial charge in [-0.25, -0.2) is 0 Å². The van der Waals surface area contributed by atoms with Gasteiger partial charge in [0.1, 0.15) is 0 Å². The first-order chi connectivity index (χ1) is 9.19. The van der Waals surface area contributed by atoms with Gasteiger partial charge in [0.15, 0.2) is 0 Å². The van der Waals surface area contributed by atoms with Gasteiger partial charge >= 0.3 is 0 Å². The fraction of sp³-hybridized carbons (Fsp3) is 0.167. The molecule has 0 aliphatic rings. The van der Waals surface area contributed by atoms with Gasteiger partial charge in [-0.3, -0.25) is 4.99 Å². The summed E-state index contributed by atoms with van der Waals surface area (Å²) in [7, 11) is 0. The zero-order valence-electron chi connectivity index (χ0n) is 11.8. The van der Waals surface area contributed by atoms with Crippen molar-refractivity contribution in [2.24, 2.45) is 4.99 Å². The SMILES string of the molecule is C=Nc1ccccc1C(=C)C.CCc1ccccc1. The van der Waals surface area contributed by atoms with E-state index in [1.54, 1.807) is 0 Å². The van der Waals surface area contributed by atoms with Crippen LogP contribution >= 0.6 is 0 Å². The minimum atomic E-state index is 0.903. The maximum Gasteiger partial charge on any atom is 0.0697 e. The van der Waals surface area contributed by atoms with E-state index < -0.39 is 0 Å². The Bertz CT molecular complexity index is 526. The van der Waals surface area contributed by atoms with Crippen LogP contribution in [-0.4, -0.2) is 6.72 Å². The molecule has 0 saturated carbocycles. The van der Waals surface area contributed by atoms with E-state index in [-0.39, 0.29) is 0 Å². The van der Waals surface area contributed by atoms with E-state index >= 15 is 0 Å². The maximum atomic E-state index is 3.88. The molecule has 0 heterocycles. The van der Waals surface area contributed by atoms with Crippen LogP contribution < -0.4 is 0 Å². The quantitative estimate of drug-likeness (QED) is 0.656. The largest absolute Gasteiger partial charge is 0.264 e. The zero-order chi connectivity index (χ0) is 14.1. The highest BCUT2D eigenvalue weighted by Crippen LogP contribution is 2.23. The molecule has 1 nitrogen and oxygen atoms in total. The first-order valence-corrected chi connectivity index (χ1v) is 6.44. The summed E-state index contributed by atoms with van der Waals surface area (Å²) in [6.45, 7) is 11.5. The summed E-state index contributed by atoms with van der Waals surface area (Å²) < 4.78 is 0. The van der Waals surface area contributed by atoms with Crippen molar-refractivity contribution in [3.05, 3.63) is 72.3 Å². The van der Waals surface area contributed by atoms with Crippen LogP contribution in [-0.2, 0) is 6.42 Å². The van der Waals surface area contributed by atoms with Crippen LogP contribution in [0.15, 0.2) is 66.2 Å². The molecule has 0 aliphatic carbocycles. The summed E-state index contributed by atoms with van der Waals surface area (Å²) in [5.74, 6) is 0. The Morgan fingerprint density at radius 3 is 2.00 bits per heavy atom. The molecular weight excluding hydrogens is 230 g/mol. The van der Waals surface area contributed by atoms with Crippen molar-refractivity contribution in [3.63, 3.8) is 0 Å². The second-order valence-corrected chi connectivity index (χ2v) is 4.29. The van der Waals surface area contributed by atoms with E-state index in [1.807, 2.05) is 37.3 Å². The van der Waals surface area contributed by atoms with Crippen LogP contribution in [0.4, 0.5) is 5.69 Å². The predicted octanol–water partition coefficient (Wildman–Crippen LogP) is 5.30. The van der Waals surface area contributed by atoms with Gasteiger partial charge in [0.25, 0.3) is 0 Å². The average molecular weight is 251 g/mol. The molecule has 2 aromatic rings. The minimum Gasteiger partial charge on any atom is -0.264 e. The molecule has 0 aromatic heterocycles. The van der Waals surface area contributed by atoms with Crippen molar-refractivity contribution in [1.82, 2.24) is 0 Å². The Balaban J connectivity index is 0.000000200. The number of aliphatic imine (C=N–C) groups is 1. The second kappa shape index (κ2) is 8.04. The summed E-state index contributed by atoms with van der Waals surface area (Å²) in [6, 6.07) is 18.3. The monoisotopic (exact) mass is 251 g/mol. The lowest BCUT2D eigenvalue weighted by Crippen LogP contribution is -1.77. The summed E-state index contributed by atoms with van der Waals surface area (Å²) in [5.41, 5.74) is 4.41. The van der Waals surface area contributed by atoms with Gasteiger partial charge in [-0.05, 0) is 37.3 Å². The topological polar surface area (TPSA) is 12.4 Å². The lowest BCUT2D eigenvalue weighted by molar-refractivity contribution is 1.14. The van der Waals surface area contributed by atoms with E-state index in [2.05, 4.69) is 49.5 Å². The summed E-state index contributed by atoms with van der Waals surface area (Å²) in [5, 5.41) is 0. The summed E-state index contributed by atoms with van der Waals surface area (Å²) in [4.78, 5) is 3.88. The predicted molar refractivity (Wildman–Crippen MR) is 86.2 cm³/mol. The average Bonchev–Trinajstić information content (AvgIpc) is 2.48. The number of allylic oxidation sites excluding steroid dienone is 1. The molecule has 0 aliphatic heterocycles. The molecule has 0 radical (unpaired) electrons. The van der Waals surface area contributed by atoms with Crippen molar-refractivity contribution in [1.29, 1.82) is 0 Å². The highest BCUT2D eigenvalue weighted by atomic mass is 14.7. The summed E-state index contributed by atoms with van der Waals surface area (Å²) in [6.07, 6.45) is 1.14. The van der Waals surface area contributed by atoms with Crippen molar-refractivity contribution in [2.75, 3.05) is 0 Å². The van der Waals surface area contributed by atoms with E-state index in [0.29, 0.717) is 0 Å². The van der Waals surface area contributed by atoms with Crippen LogP contribution in [0.3, 0.4) is 0 Å². The third-order valence-electron chi connectivity index (χ3n) is 2.79. The van der Waals surface area contributed by atoms with Crippen LogP contribution in [0.2, 0.25) is 0 Å². The standard InChI is InChI=1S/C10H11N.C8H10/c1-8(2)9-6-4-5-7-10(9)11-3;1-2-8-6-4-3-5-7-8/h4-7H,1,3H2,2H3;3-7H,2H2,1H3. The fourth-order valence-corrected chi connectivity index (χ4v) is 1.69. The van der Waals surface area contributed by atoms with Crippen LogP contribution in [0.1, 0.15) is 25.0 Å². The number of rotatable bonds is 3. The summed E-state index contributed by atoms with van der Waals surface area (Å²) >= 11 is 0. The Morgan fingerprint density at radius 2 is 1.58 bits per heavy atom. The molecule has 0 unspecified atom stereocenters. The van der Waals surface area contributed by atoms with E-state index in [0.717, 1.165) is 23.2 Å². The van der Waals surface area contributed by atoms with Gasteiger partial charge in [-0.1, -0.05) is 62.0 Å². The second-order valence-electron chi connectivity index (χ2n) is 4.29. The van der Waals surface area contributed by atoms with Crippen molar-refractivity contribution < 1.29 is 0 Å². The molecule has 98 valence electrons. The molecule has 0 saturated heterocycles. The van der Waals surface area contributed by atoms with Crippen LogP contribution in [0.5, 0.6) is 0 Å². The molecule has 0 bridgehead atoms. The van der Waals surface area contributed by atoms with Gasteiger partial charge < -0.3 is 0 Å². The molecule has 0 amide bonds. The highest BCUT2D eigenvalue weighted by molar-refractivity contribution is 5.72. The number of hydrogen-bond donors (Lipinski definition) is 0. The van der Waals surface area contributed by atoms with E-state index in [9.17, 15) is 0 Å². The first-order valence-electron chi connectivity index (χ1n) is 6.44. The molecule has 0 fully saturated rings. The molecule has 0 spiro atoms. The highest BCUT2D eigenvalue weighted by Gasteiger charge is 1.97. The molecule has 0 N–H and O–H groups in total. The van der Waals surface area contributed by atoms with Gasteiger partial charge in [-0.15, -0.1) is 0 Å². The Hall–Kier alpha value is -2.15. The Labute approximate surface area is 116 Å². The maximum absolute atomic E-state index is 3.88. The van der Waals surface area contributed by atoms with Crippen molar-refractivity contribution in [3.8, 4) is 0 Å². The number of nitrogens with zero attached hydrogens (tertiary/aromatic N) is 1. The molecular formula is C18H21N. The van der Waals surface area contributed by atoms with Gasteiger partial charge in [0.05, 0.1) is 5.69 Å². The van der Waals surface area contributed by atoms with Crippen LogP contribution in [0, 0.1) is 0 Å². The molecule has 2 rings (SSSR count). The smallest absolute Gasteiger partial charge is 0.0697 e. The lowest BCUT2D eigenvalue weighted by atomic mass is 10.1. The van der Waals surface area contributed by atoms with Gasteiger partial charge in [0.2, 0.25) is 0 Å². The van der Waals surface area contributed by atoms with Gasteiger partial charge in [-0.2, -0.15) is 0 Å². The Morgan fingerprint density at radius 1 is 1.00 bits per heavy atom. The van der Waals surface area contributed by atoms with Crippen molar-refractivity contribution >= 4 is 18.0 Å². The number of hydrogen-bond acceptors (Lipinski definition) is 1. The minimum absolute atomic E-state index is 0.903. The number of aryl methyl sites for hydroxylation is 1. The fourth-order valence-electron chi connectivity index (χ4n) is 1.69. The molecule has 1 heteroatoms. The number of benzene rings is 2. The molecule has 19 heavy (non-hydrogen) atoms. The third kappa shape index (κ3) is 4.92. The van der Waals surface area contributed by atoms with Crippen molar-refractivity contribution in [2.45, 2.75) is 20.3 Å². The normalized spacial score (nSPS) is 9.16. The van der Waals surface area contributed by atoms with Crippen LogP contribution in [0.25, 0.3) is 5.57 Å².